The van der Waals surface area contributed by atoms with Crippen LogP contribution >= 0.6 is 11.6 Å². The van der Waals surface area contributed by atoms with Gasteiger partial charge in [0, 0.05) is 11.1 Å². The number of hydrogen-bond donors (Lipinski definition) is 0. The van der Waals surface area contributed by atoms with E-state index >= 15 is 0 Å². The van der Waals surface area contributed by atoms with Gasteiger partial charge in [0.25, 0.3) is 0 Å². The Morgan fingerprint density at radius 1 is 1.50 bits per heavy atom. The van der Waals surface area contributed by atoms with Crippen molar-refractivity contribution < 1.29 is 13.5 Å². The Morgan fingerprint density at radius 3 is 2.64 bits per heavy atom. The SMILES string of the molecule is Cc1cc(Cl)cc(OC(F)F)c1C#N. The lowest BCUT2D eigenvalue weighted by molar-refractivity contribution is -0.0500. The van der Waals surface area contributed by atoms with Crippen LogP contribution in [0.15, 0.2) is 12.1 Å². The van der Waals surface area contributed by atoms with Crippen molar-refractivity contribution in [1.82, 2.24) is 0 Å². The van der Waals surface area contributed by atoms with Crippen LogP contribution < -0.4 is 4.74 Å². The predicted octanol–water partition coefficient (Wildman–Crippen LogP) is 3.12. The fraction of sp³-hybridized carbons (Fsp3) is 0.222. The maximum atomic E-state index is 11.9. The van der Waals surface area contributed by atoms with Crippen molar-refractivity contribution in [3.63, 3.8) is 0 Å². The largest absolute Gasteiger partial charge is 0.433 e. The van der Waals surface area contributed by atoms with Crippen LogP contribution in [-0.4, -0.2) is 6.61 Å². The lowest BCUT2D eigenvalue weighted by atomic mass is 10.1. The van der Waals surface area contributed by atoms with Gasteiger partial charge in [-0.25, -0.2) is 0 Å². The van der Waals surface area contributed by atoms with Crippen molar-refractivity contribution in [3.8, 4) is 11.8 Å². The van der Waals surface area contributed by atoms with Crippen molar-refractivity contribution in [2.24, 2.45) is 0 Å². The van der Waals surface area contributed by atoms with Gasteiger partial charge in [0.1, 0.15) is 11.8 Å². The minimum Gasteiger partial charge on any atom is -0.433 e. The first kappa shape index (κ1) is 10.7. The molecule has 74 valence electrons. The molecular weight excluding hydrogens is 212 g/mol. The second-order valence-electron chi connectivity index (χ2n) is 2.59. The van der Waals surface area contributed by atoms with Crippen LogP contribution in [0.4, 0.5) is 8.78 Å². The normalized spacial score (nSPS) is 10.0. The van der Waals surface area contributed by atoms with Gasteiger partial charge in [0.05, 0.1) is 5.56 Å². The first-order valence-corrected chi connectivity index (χ1v) is 4.07. The molecule has 0 unspecified atom stereocenters. The zero-order valence-electron chi connectivity index (χ0n) is 7.22. The van der Waals surface area contributed by atoms with Crippen LogP contribution in [0.3, 0.4) is 0 Å². The first-order chi connectivity index (χ1) is 6.54. The molecule has 5 heteroatoms. The van der Waals surface area contributed by atoms with Crippen LogP contribution in [-0.2, 0) is 0 Å². The molecule has 1 aromatic rings. The second kappa shape index (κ2) is 4.25. The molecule has 0 aliphatic heterocycles. The van der Waals surface area contributed by atoms with Crippen LogP contribution in [0.25, 0.3) is 0 Å². The number of hydrogen-bond acceptors (Lipinski definition) is 2. The molecular formula is C9H6ClF2NO. The highest BCUT2D eigenvalue weighted by atomic mass is 35.5. The molecule has 1 rings (SSSR count). The maximum Gasteiger partial charge on any atom is 0.387 e. The monoisotopic (exact) mass is 217 g/mol. The average molecular weight is 218 g/mol. The van der Waals surface area contributed by atoms with E-state index < -0.39 is 6.61 Å². The minimum absolute atomic E-state index is 0.0784. The molecule has 0 saturated heterocycles. The van der Waals surface area contributed by atoms with E-state index in [1.54, 1.807) is 13.0 Å². The van der Waals surface area contributed by atoms with E-state index in [0.29, 0.717) is 5.56 Å². The van der Waals surface area contributed by atoms with Crippen molar-refractivity contribution in [2.45, 2.75) is 13.5 Å². The summed E-state index contributed by atoms with van der Waals surface area (Å²) in [6.45, 7) is -1.36. The smallest absolute Gasteiger partial charge is 0.387 e. The van der Waals surface area contributed by atoms with Gasteiger partial charge >= 0.3 is 6.61 Å². The van der Waals surface area contributed by atoms with Crippen molar-refractivity contribution in [3.05, 3.63) is 28.3 Å². The summed E-state index contributed by atoms with van der Waals surface area (Å²) in [5.74, 6) is -0.187. The van der Waals surface area contributed by atoms with Crippen molar-refractivity contribution >= 4 is 11.6 Å². The Labute approximate surface area is 84.7 Å². The van der Waals surface area contributed by atoms with Crippen LogP contribution in [0.1, 0.15) is 11.1 Å². The number of aryl methyl sites for hydroxylation is 1. The summed E-state index contributed by atoms with van der Waals surface area (Å²) in [7, 11) is 0. The quantitative estimate of drug-likeness (QED) is 0.763. The Morgan fingerprint density at radius 2 is 2.14 bits per heavy atom. The molecule has 2 nitrogen and oxygen atoms in total. The number of benzene rings is 1. The molecule has 0 N–H and O–H groups in total. The molecule has 1 aromatic carbocycles. The highest BCUT2D eigenvalue weighted by molar-refractivity contribution is 6.30. The van der Waals surface area contributed by atoms with Crippen molar-refractivity contribution in [2.75, 3.05) is 0 Å². The second-order valence-corrected chi connectivity index (χ2v) is 3.02. The summed E-state index contributed by atoms with van der Waals surface area (Å²) in [4.78, 5) is 0. The molecule has 0 aliphatic rings. The molecule has 14 heavy (non-hydrogen) atoms. The van der Waals surface area contributed by atoms with Gasteiger partial charge in [-0.3, -0.25) is 0 Å². The van der Waals surface area contributed by atoms with Gasteiger partial charge in [0.2, 0.25) is 0 Å². The molecule has 0 spiro atoms. The van der Waals surface area contributed by atoms with E-state index in [1.807, 2.05) is 0 Å². The zero-order valence-corrected chi connectivity index (χ0v) is 7.98. The number of nitriles is 1. The molecule has 0 fully saturated rings. The number of alkyl halides is 2. The third-order valence-electron chi connectivity index (χ3n) is 1.59. The minimum atomic E-state index is -2.96. The molecule has 0 radical (unpaired) electrons. The third kappa shape index (κ3) is 2.33. The predicted molar refractivity (Wildman–Crippen MR) is 47.5 cm³/mol. The zero-order chi connectivity index (χ0) is 10.7. The Hall–Kier alpha value is -1.34. The summed E-state index contributed by atoms with van der Waals surface area (Å²) in [6.07, 6.45) is 0. The van der Waals surface area contributed by atoms with Gasteiger partial charge < -0.3 is 4.74 Å². The van der Waals surface area contributed by atoms with E-state index in [-0.39, 0.29) is 16.3 Å². The molecule has 0 amide bonds. The first-order valence-electron chi connectivity index (χ1n) is 3.69. The molecule has 0 aliphatic carbocycles. The van der Waals surface area contributed by atoms with Gasteiger partial charge in [-0.05, 0) is 18.6 Å². The summed E-state index contributed by atoms with van der Waals surface area (Å²) in [5.41, 5.74) is 0.588. The maximum absolute atomic E-state index is 11.9. The lowest BCUT2D eigenvalue weighted by Gasteiger charge is -2.08. The molecule has 0 saturated carbocycles. The van der Waals surface area contributed by atoms with Gasteiger partial charge in [-0.1, -0.05) is 11.6 Å². The molecule has 0 atom stereocenters. The summed E-state index contributed by atoms with van der Waals surface area (Å²) in [5, 5.41) is 8.95. The van der Waals surface area contributed by atoms with Gasteiger partial charge in [-0.15, -0.1) is 0 Å². The van der Waals surface area contributed by atoms with Crippen LogP contribution in [0, 0.1) is 18.3 Å². The standard InChI is InChI=1S/C9H6ClF2NO/c1-5-2-6(10)3-8(7(5)4-13)14-9(11)12/h2-3,9H,1H3. The number of nitrogens with zero attached hydrogens (tertiary/aromatic N) is 1. The van der Waals surface area contributed by atoms with Crippen molar-refractivity contribution in [1.29, 1.82) is 5.26 Å². The third-order valence-corrected chi connectivity index (χ3v) is 1.81. The highest BCUT2D eigenvalue weighted by Gasteiger charge is 2.12. The van der Waals surface area contributed by atoms with E-state index in [0.717, 1.165) is 0 Å². The number of ether oxygens (including phenoxy) is 1. The lowest BCUT2D eigenvalue weighted by Crippen LogP contribution is -2.04. The number of rotatable bonds is 2. The Balaban J connectivity index is 3.20. The van der Waals surface area contributed by atoms with E-state index in [1.165, 1.54) is 12.1 Å². The van der Waals surface area contributed by atoms with Gasteiger partial charge in [-0.2, -0.15) is 14.0 Å². The fourth-order valence-corrected chi connectivity index (χ4v) is 1.31. The molecule has 0 heterocycles. The van der Waals surface area contributed by atoms with Gasteiger partial charge in [0.15, 0.2) is 0 Å². The molecule has 0 aromatic heterocycles. The average Bonchev–Trinajstić information content (AvgIpc) is 2.01. The Bertz CT molecular complexity index is 387. The highest BCUT2D eigenvalue weighted by Crippen LogP contribution is 2.27. The van der Waals surface area contributed by atoms with Crippen LogP contribution in [0.5, 0.6) is 5.75 Å². The Kier molecular flexibility index (Phi) is 3.26. The summed E-state index contributed by atoms with van der Waals surface area (Å²) < 4.78 is 28.0. The van der Waals surface area contributed by atoms with E-state index in [9.17, 15) is 8.78 Å². The molecule has 0 bridgehead atoms. The van der Waals surface area contributed by atoms with E-state index in [2.05, 4.69) is 4.74 Å². The fourth-order valence-electron chi connectivity index (χ4n) is 1.04. The van der Waals surface area contributed by atoms with Crippen LogP contribution in [0.2, 0.25) is 5.02 Å². The summed E-state index contributed by atoms with van der Waals surface area (Å²) in [6, 6.07) is 4.49. The van der Waals surface area contributed by atoms with E-state index in [4.69, 9.17) is 16.9 Å². The number of halogens is 3. The summed E-state index contributed by atoms with van der Waals surface area (Å²) >= 11 is 5.63. The topological polar surface area (TPSA) is 33.0 Å².